The summed E-state index contributed by atoms with van der Waals surface area (Å²) < 4.78 is 0. The highest BCUT2D eigenvalue weighted by Crippen LogP contribution is 2.19. The molecule has 1 aliphatic heterocycles. The van der Waals surface area contributed by atoms with E-state index in [0.717, 1.165) is 30.8 Å². The Bertz CT molecular complexity index is 275. The van der Waals surface area contributed by atoms with Crippen LogP contribution in [0.2, 0.25) is 0 Å². The lowest BCUT2D eigenvalue weighted by molar-refractivity contribution is 0.0904. The Hall–Kier alpha value is -0.670. The topological polar surface area (TPSA) is 29.1 Å². The third-order valence-corrected chi connectivity index (χ3v) is 3.32. The first-order chi connectivity index (χ1) is 6.38. The molecule has 3 heteroatoms. The maximum atomic E-state index is 11.8. The lowest BCUT2D eigenvalue weighted by atomic mass is 9.94. The molecule has 0 spiro atoms. The van der Waals surface area contributed by atoms with Gasteiger partial charge in [0.1, 0.15) is 0 Å². The lowest BCUT2D eigenvalue weighted by Gasteiger charge is -2.20. The van der Waals surface area contributed by atoms with Crippen LogP contribution in [-0.2, 0) is 0 Å². The van der Waals surface area contributed by atoms with Crippen molar-refractivity contribution in [3.63, 3.8) is 0 Å². The molecule has 2 heterocycles. The van der Waals surface area contributed by atoms with Crippen molar-refractivity contribution >= 4 is 17.1 Å². The minimum absolute atomic E-state index is 0.215. The molecule has 13 heavy (non-hydrogen) atoms. The van der Waals surface area contributed by atoms with Crippen LogP contribution in [0.5, 0.6) is 0 Å². The highest BCUT2D eigenvalue weighted by Gasteiger charge is 2.22. The van der Waals surface area contributed by atoms with Crippen molar-refractivity contribution in [1.82, 2.24) is 5.32 Å². The summed E-state index contributed by atoms with van der Waals surface area (Å²) in [6, 6.07) is 3.86. The second kappa shape index (κ2) is 4.03. The molecule has 2 rings (SSSR count). The summed E-state index contributed by atoms with van der Waals surface area (Å²) in [5.41, 5.74) is 0. The number of piperidine rings is 1. The molecule has 0 radical (unpaired) electrons. The zero-order valence-electron chi connectivity index (χ0n) is 7.45. The smallest absolute Gasteiger partial charge is 0.177 e. The van der Waals surface area contributed by atoms with Crippen LogP contribution in [-0.4, -0.2) is 18.9 Å². The van der Waals surface area contributed by atoms with Gasteiger partial charge in [0, 0.05) is 12.5 Å². The Morgan fingerprint density at radius 3 is 3.15 bits per heavy atom. The van der Waals surface area contributed by atoms with E-state index in [2.05, 4.69) is 5.32 Å². The molecule has 0 aromatic carbocycles. The van der Waals surface area contributed by atoms with E-state index in [0.29, 0.717) is 5.78 Å². The Kier molecular flexibility index (Phi) is 2.76. The summed E-state index contributed by atoms with van der Waals surface area (Å²) in [6.07, 6.45) is 2.17. The fraction of sp³-hybridized carbons (Fsp3) is 0.500. The molecule has 1 aromatic heterocycles. The van der Waals surface area contributed by atoms with Gasteiger partial charge in [-0.3, -0.25) is 4.79 Å². The van der Waals surface area contributed by atoms with Gasteiger partial charge in [-0.2, -0.15) is 0 Å². The monoisotopic (exact) mass is 195 g/mol. The van der Waals surface area contributed by atoms with E-state index in [1.807, 2.05) is 17.5 Å². The molecule has 0 bridgehead atoms. The van der Waals surface area contributed by atoms with Gasteiger partial charge in [0.25, 0.3) is 0 Å². The van der Waals surface area contributed by atoms with E-state index in [1.54, 1.807) is 11.3 Å². The van der Waals surface area contributed by atoms with Crippen molar-refractivity contribution in [3.8, 4) is 0 Å². The molecular weight excluding hydrogens is 182 g/mol. The molecule has 1 N–H and O–H groups in total. The normalized spacial score (nSPS) is 22.9. The van der Waals surface area contributed by atoms with Crippen molar-refractivity contribution in [2.75, 3.05) is 13.1 Å². The fourth-order valence-electron chi connectivity index (χ4n) is 1.70. The fourth-order valence-corrected chi connectivity index (χ4v) is 2.44. The minimum atomic E-state index is 0.215. The van der Waals surface area contributed by atoms with E-state index in [4.69, 9.17) is 0 Å². The molecule has 1 aromatic rings. The summed E-state index contributed by atoms with van der Waals surface area (Å²) in [5, 5.41) is 5.22. The molecule has 1 aliphatic rings. The van der Waals surface area contributed by atoms with E-state index in [-0.39, 0.29) is 5.92 Å². The van der Waals surface area contributed by atoms with Crippen LogP contribution in [0.4, 0.5) is 0 Å². The van der Waals surface area contributed by atoms with Crippen LogP contribution >= 0.6 is 11.3 Å². The van der Waals surface area contributed by atoms with Gasteiger partial charge in [0.2, 0.25) is 0 Å². The van der Waals surface area contributed by atoms with Crippen LogP contribution in [0, 0.1) is 5.92 Å². The summed E-state index contributed by atoms with van der Waals surface area (Å²) >= 11 is 1.55. The van der Waals surface area contributed by atoms with Crippen LogP contribution in [0.3, 0.4) is 0 Å². The van der Waals surface area contributed by atoms with Crippen LogP contribution in [0.15, 0.2) is 17.5 Å². The molecule has 0 amide bonds. The summed E-state index contributed by atoms with van der Waals surface area (Å²) in [5.74, 6) is 0.537. The number of ketones is 1. The number of carbonyl (C=O) groups is 1. The number of nitrogens with one attached hydrogen (secondary N) is 1. The standard InChI is InChI=1S/C10H13NOS/c12-10(9-4-2-6-13-9)8-3-1-5-11-7-8/h2,4,6,8,11H,1,3,5,7H2. The maximum absolute atomic E-state index is 11.8. The predicted octanol–water partition coefficient (Wildman–Crippen LogP) is 1.93. The Morgan fingerprint density at radius 2 is 2.54 bits per heavy atom. The molecular formula is C10H13NOS. The van der Waals surface area contributed by atoms with E-state index < -0.39 is 0 Å². The first kappa shape index (κ1) is 8.91. The van der Waals surface area contributed by atoms with Gasteiger partial charge in [-0.1, -0.05) is 6.07 Å². The number of hydrogen-bond acceptors (Lipinski definition) is 3. The Morgan fingerprint density at radius 1 is 1.62 bits per heavy atom. The number of thiophene rings is 1. The maximum Gasteiger partial charge on any atom is 0.177 e. The van der Waals surface area contributed by atoms with Crippen LogP contribution in [0.25, 0.3) is 0 Å². The van der Waals surface area contributed by atoms with Gasteiger partial charge in [-0.25, -0.2) is 0 Å². The molecule has 1 atom stereocenters. The second-order valence-electron chi connectivity index (χ2n) is 3.38. The van der Waals surface area contributed by atoms with Gasteiger partial charge in [0.05, 0.1) is 4.88 Å². The molecule has 1 saturated heterocycles. The van der Waals surface area contributed by atoms with E-state index >= 15 is 0 Å². The van der Waals surface area contributed by atoms with Gasteiger partial charge < -0.3 is 5.32 Å². The second-order valence-corrected chi connectivity index (χ2v) is 4.33. The van der Waals surface area contributed by atoms with Crippen molar-refractivity contribution in [2.24, 2.45) is 5.92 Å². The molecule has 0 aliphatic carbocycles. The van der Waals surface area contributed by atoms with Gasteiger partial charge in [-0.15, -0.1) is 11.3 Å². The highest BCUT2D eigenvalue weighted by atomic mass is 32.1. The first-order valence-corrected chi connectivity index (χ1v) is 5.54. The van der Waals surface area contributed by atoms with Gasteiger partial charge in [-0.05, 0) is 30.8 Å². The number of Topliss-reactive ketones (excluding diaryl/α,β-unsaturated/α-hetero) is 1. The Balaban J connectivity index is 2.04. The van der Waals surface area contributed by atoms with E-state index in [1.165, 1.54) is 0 Å². The quantitative estimate of drug-likeness (QED) is 0.731. The summed E-state index contributed by atoms with van der Waals surface area (Å²) in [6.45, 7) is 1.92. The predicted molar refractivity (Wildman–Crippen MR) is 54.2 cm³/mol. The first-order valence-electron chi connectivity index (χ1n) is 4.66. The molecule has 1 fully saturated rings. The molecule has 2 nitrogen and oxygen atoms in total. The van der Waals surface area contributed by atoms with E-state index in [9.17, 15) is 4.79 Å². The van der Waals surface area contributed by atoms with Gasteiger partial charge in [0.15, 0.2) is 5.78 Å². The average Bonchev–Trinajstić information content (AvgIpc) is 2.71. The summed E-state index contributed by atoms with van der Waals surface area (Å²) in [4.78, 5) is 12.7. The summed E-state index contributed by atoms with van der Waals surface area (Å²) in [7, 11) is 0. The van der Waals surface area contributed by atoms with Crippen molar-refractivity contribution in [1.29, 1.82) is 0 Å². The number of hydrogen-bond donors (Lipinski definition) is 1. The van der Waals surface area contributed by atoms with Crippen molar-refractivity contribution < 1.29 is 4.79 Å². The number of rotatable bonds is 2. The van der Waals surface area contributed by atoms with Crippen LogP contribution in [0.1, 0.15) is 22.5 Å². The molecule has 70 valence electrons. The highest BCUT2D eigenvalue weighted by molar-refractivity contribution is 7.12. The minimum Gasteiger partial charge on any atom is -0.316 e. The third kappa shape index (κ3) is 1.98. The van der Waals surface area contributed by atoms with Crippen molar-refractivity contribution in [2.45, 2.75) is 12.8 Å². The molecule has 1 unspecified atom stereocenters. The Labute approximate surface area is 82.0 Å². The van der Waals surface area contributed by atoms with Crippen LogP contribution < -0.4 is 5.32 Å². The average molecular weight is 195 g/mol. The largest absolute Gasteiger partial charge is 0.316 e. The molecule has 0 saturated carbocycles. The zero-order valence-corrected chi connectivity index (χ0v) is 8.27. The third-order valence-electron chi connectivity index (χ3n) is 2.43. The SMILES string of the molecule is O=C(c1cccs1)C1CCCNC1. The lowest BCUT2D eigenvalue weighted by Crippen LogP contribution is -2.34. The number of carbonyl (C=O) groups excluding carboxylic acids is 1. The zero-order chi connectivity index (χ0) is 9.10. The van der Waals surface area contributed by atoms with Crippen molar-refractivity contribution in [3.05, 3.63) is 22.4 Å². The van der Waals surface area contributed by atoms with Gasteiger partial charge >= 0.3 is 0 Å².